The van der Waals surface area contributed by atoms with Crippen LogP contribution in [0.2, 0.25) is 0 Å². The van der Waals surface area contributed by atoms with E-state index in [1.165, 1.54) is 32.8 Å². The molecule has 7 nitrogen and oxygen atoms in total. The lowest BCUT2D eigenvalue weighted by Gasteiger charge is -2.27. The molecule has 0 unspecified atom stereocenters. The zero-order chi connectivity index (χ0) is 22.6. The summed E-state index contributed by atoms with van der Waals surface area (Å²) in [6.45, 7) is -0.424. The summed E-state index contributed by atoms with van der Waals surface area (Å²) in [6.07, 6.45) is 0.301. The van der Waals surface area contributed by atoms with E-state index in [0.717, 1.165) is 4.90 Å². The van der Waals surface area contributed by atoms with Gasteiger partial charge in [-0.15, -0.1) is 0 Å². The van der Waals surface area contributed by atoms with E-state index in [1.54, 1.807) is 18.2 Å². The number of rotatable bonds is 8. The van der Waals surface area contributed by atoms with Crippen LogP contribution in [-0.4, -0.2) is 48.4 Å². The molecule has 3 N–H and O–H groups in total. The van der Waals surface area contributed by atoms with Crippen molar-refractivity contribution in [3.8, 4) is 0 Å². The molecule has 1 aliphatic heterocycles. The summed E-state index contributed by atoms with van der Waals surface area (Å²) in [5.41, 5.74) is 8.34. The van der Waals surface area contributed by atoms with Crippen molar-refractivity contribution in [1.29, 1.82) is 0 Å². The average Bonchev–Trinajstić information content (AvgIpc) is 3.67. The van der Waals surface area contributed by atoms with Crippen LogP contribution in [0, 0.1) is 17.8 Å². The number of alkyl halides is 3. The lowest BCUT2D eigenvalue weighted by molar-refractivity contribution is -0.150. The minimum absolute atomic E-state index is 0.0547. The Morgan fingerprint density at radius 1 is 1.28 bits per heavy atom. The van der Waals surface area contributed by atoms with Gasteiger partial charge in [0.05, 0.1) is 25.2 Å². The zero-order valence-corrected chi connectivity index (χ0v) is 17.8. The number of urea groups is 1. The number of hydrogen-bond donors (Lipinski definition) is 2. The quantitative estimate of drug-likeness (QED) is 0.634. The van der Waals surface area contributed by atoms with Crippen LogP contribution in [0.25, 0.3) is 11.1 Å². The highest BCUT2D eigenvalue weighted by Gasteiger charge is 2.49. The van der Waals surface area contributed by atoms with Gasteiger partial charge in [-0.2, -0.15) is 13.2 Å². The fraction of sp³-hybridized carbons (Fsp3) is 0.636. The lowest BCUT2D eigenvalue weighted by atomic mass is 9.90. The molecule has 174 valence electrons. The van der Waals surface area contributed by atoms with Gasteiger partial charge in [-0.3, -0.25) is 0 Å². The number of benzene rings is 1. The number of ether oxygens (including phenoxy) is 1. The number of nitrogens with one attached hydrogen (secondary N) is 1. The smallest absolute Gasteiger partial charge is 0.410 e. The number of methoxy groups -OCH3 is 1. The predicted octanol–water partition coefficient (Wildman–Crippen LogP) is 3.91. The first-order valence-electron chi connectivity index (χ1n) is 11.0. The number of amides is 2. The second kappa shape index (κ2) is 7.91. The topological polar surface area (TPSA) is 93.6 Å². The van der Waals surface area contributed by atoms with Gasteiger partial charge in [-0.05, 0) is 61.1 Å². The second-order valence-corrected chi connectivity index (χ2v) is 9.22. The molecular weight excluding hydrogens is 425 g/mol. The molecule has 3 fully saturated rings. The molecule has 1 aromatic carbocycles. The van der Waals surface area contributed by atoms with E-state index < -0.39 is 30.8 Å². The third-order valence-corrected chi connectivity index (χ3v) is 6.88. The van der Waals surface area contributed by atoms with Crippen molar-refractivity contribution in [3.63, 3.8) is 0 Å². The highest BCUT2D eigenvalue weighted by molar-refractivity contribution is 5.78. The normalized spacial score (nSPS) is 23.8. The van der Waals surface area contributed by atoms with Crippen molar-refractivity contribution in [3.05, 3.63) is 29.7 Å². The van der Waals surface area contributed by atoms with Crippen LogP contribution in [-0.2, 0) is 4.74 Å². The van der Waals surface area contributed by atoms with Crippen molar-refractivity contribution in [2.75, 3.05) is 20.3 Å². The first kappa shape index (κ1) is 21.5. The molecule has 2 amide bonds. The Hall–Kier alpha value is -2.33. The Kier molecular flexibility index (Phi) is 5.32. The molecule has 1 saturated heterocycles. The number of hydrogen-bond acceptors (Lipinski definition) is 5. The molecule has 2 aliphatic carbocycles. The maximum atomic E-state index is 13.1. The first-order chi connectivity index (χ1) is 15.3. The number of fused-ring (bicyclic) bond motifs is 1. The largest absolute Gasteiger partial charge is 0.439 e. The van der Waals surface area contributed by atoms with Gasteiger partial charge in [0.15, 0.2) is 5.58 Å². The Morgan fingerprint density at radius 3 is 2.53 bits per heavy atom. The molecule has 3 atom stereocenters. The van der Waals surface area contributed by atoms with E-state index in [4.69, 9.17) is 14.9 Å². The summed E-state index contributed by atoms with van der Waals surface area (Å²) in [6, 6.07) is 1.59. The number of aromatic nitrogens is 1. The minimum atomic E-state index is -4.51. The minimum Gasteiger partial charge on any atom is -0.439 e. The van der Waals surface area contributed by atoms with Gasteiger partial charge in [0.2, 0.25) is 5.89 Å². The first-order valence-corrected chi connectivity index (χ1v) is 11.0. The molecule has 10 heteroatoms. The zero-order valence-electron chi connectivity index (χ0n) is 17.8. The molecule has 0 radical (unpaired) electrons. The Labute approximate surface area is 183 Å². The van der Waals surface area contributed by atoms with Crippen LogP contribution in [0.4, 0.5) is 18.0 Å². The molecule has 32 heavy (non-hydrogen) atoms. The highest BCUT2D eigenvalue weighted by Crippen LogP contribution is 2.53. The fourth-order valence-corrected chi connectivity index (χ4v) is 4.95. The van der Waals surface area contributed by atoms with Gasteiger partial charge >= 0.3 is 12.2 Å². The van der Waals surface area contributed by atoms with Crippen molar-refractivity contribution in [2.45, 2.75) is 50.0 Å². The lowest BCUT2D eigenvalue weighted by Crippen LogP contribution is -2.40. The Bertz CT molecular complexity index is 990. The third kappa shape index (κ3) is 4.05. The van der Waals surface area contributed by atoms with Crippen LogP contribution < -0.4 is 11.1 Å². The molecule has 1 aromatic heterocycles. The molecule has 3 aliphatic rings. The maximum Gasteiger partial charge on any atom is 0.410 e. The molecule has 0 spiro atoms. The van der Waals surface area contributed by atoms with Crippen molar-refractivity contribution in [2.24, 2.45) is 23.5 Å². The summed E-state index contributed by atoms with van der Waals surface area (Å²) in [7, 11) is 1.45. The second-order valence-electron chi connectivity index (χ2n) is 9.22. The van der Waals surface area contributed by atoms with Gasteiger partial charge in [-0.25, -0.2) is 9.78 Å². The highest BCUT2D eigenvalue weighted by atomic mass is 19.4. The maximum absolute atomic E-state index is 13.1. The molecule has 2 saturated carbocycles. The number of nitrogens with zero attached hydrogens (tertiary/aromatic N) is 2. The van der Waals surface area contributed by atoms with Crippen LogP contribution in [0.5, 0.6) is 0 Å². The number of carbonyl (C=O) groups is 1. The summed E-state index contributed by atoms with van der Waals surface area (Å²) in [5.74, 6) is 2.17. The van der Waals surface area contributed by atoms with Crippen molar-refractivity contribution < 1.29 is 27.1 Å². The van der Waals surface area contributed by atoms with E-state index in [0.29, 0.717) is 40.3 Å². The standard InChI is InChI=1S/C22H27F3N4O3/c1-31-10-15(29-9-17(22(23,24)25)28-21(29)30)13-6-7-16-14(8-13)27-20(32-16)19(26)18(11-2-3-11)12-4-5-12/h6-8,11-12,15,17-19H,2-5,9-10,26H2,1H3,(H,28,30)/t15-,17-,19-/m0/s1. The van der Waals surface area contributed by atoms with Crippen LogP contribution in [0.1, 0.15) is 49.2 Å². The molecular formula is C22H27F3N4O3. The van der Waals surface area contributed by atoms with E-state index in [2.05, 4.69) is 4.98 Å². The molecule has 2 heterocycles. The van der Waals surface area contributed by atoms with Crippen molar-refractivity contribution >= 4 is 17.1 Å². The number of oxazole rings is 1. The fourth-order valence-electron chi connectivity index (χ4n) is 4.95. The van der Waals surface area contributed by atoms with E-state index in [-0.39, 0.29) is 12.6 Å². The third-order valence-electron chi connectivity index (χ3n) is 6.88. The summed E-state index contributed by atoms with van der Waals surface area (Å²) < 4.78 is 50.6. The van der Waals surface area contributed by atoms with Crippen molar-refractivity contribution in [1.82, 2.24) is 15.2 Å². The Balaban J connectivity index is 1.41. The van der Waals surface area contributed by atoms with Gasteiger partial charge in [0.1, 0.15) is 11.6 Å². The molecule has 5 rings (SSSR count). The summed E-state index contributed by atoms with van der Waals surface area (Å²) in [5, 5.41) is 2.01. The van der Waals surface area contributed by atoms with Gasteiger partial charge in [0.25, 0.3) is 0 Å². The van der Waals surface area contributed by atoms with Crippen LogP contribution in [0.3, 0.4) is 0 Å². The van der Waals surface area contributed by atoms with Gasteiger partial charge in [-0.1, -0.05) is 6.07 Å². The average molecular weight is 452 g/mol. The van der Waals surface area contributed by atoms with E-state index in [1.807, 2.05) is 5.32 Å². The molecule has 0 bridgehead atoms. The summed E-state index contributed by atoms with van der Waals surface area (Å²) >= 11 is 0. The number of carbonyl (C=O) groups excluding carboxylic acids is 1. The Morgan fingerprint density at radius 2 is 1.97 bits per heavy atom. The van der Waals surface area contributed by atoms with E-state index >= 15 is 0 Å². The summed E-state index contributed by atoms with van der Waals surface area (Å²) in [4.78, 5) is 18.1. The molecule has 2 aromatic rings. The number of halogens is 3. The van der Waals surface area contributed by atoms with Gasteiger partial charge < -0.3 is 25.1 Å². The SMILES string of the molecule is COC[C@@H](c1ccc2oc([C@@H](N)C(C3CC3)C3CC3)nc2c1)N1C[C@@H](C(F)(F)F)NC1=O. The van der Waals surface area contributed by atoms with Gasteiger partial charge in [0, 0.05) is 7.11 Å². The predicted molar refractivity (Wildman–Crippen MR) is 110 cm³/mol. The van der Waals surface area contributed by atoms with E-state index in [9.17, 15) is 18.0 Å². The van der Waals surface area contributed by atoms with Crippen LogP contribution in [0.15, 0.2) is 22.6 Å². The monoisotopic (exact) mass is 452 g/mol. The van der Waals surface area contributed by atoms with Crippen LogP contribution >= 0.6 is 0 Å². The number of nitrogens with two attached hydrogens (primary N) is 1.